The van der Waals surface area contributed by atoms with E-state index in [1.54, 1.807) is 25.1 Å². The van der Waals surface area contributed by atoms with Gasteiger partial charge in [-0.3, -0.25) is 14.7 Å². The number of nitro benzene ring substituents is 1. The first-order chi connectivity index (χ1) is 9.15. The number of para-hydroxylation sites is 2. The van der Waals surface area contributed by atoms with Gasteiger partial charge in [-0.1, -0.05) is 12.1 Å². The van der Waals surface area contributed by atoms with Crippen molar-refractivity contribution in [2.24, 2.45) is 0 Å². The molecule has 0 aliphatic carbocycles. The van der Waals surface area contributed by atoms with E-state index < -0.39 is 10.9 Å². The van der Waals surface area contributed by atoms with Gasteiger partial charge in [-0.2, -0.15) is 0 Å². The Bertz CT molecular complexity index is 621. The zero-order valence-corrected chi connectivity index (χ0v) is 10.1. The van der Waals surface area contributed by atoms with Gasteiger partial charge in [0, 0.05) is 18.5 Å². The van der Waals surface area contributed by atoms with Gasteiger partial charge >= 0.3 is 5.97 Å². The van der Waals surface area contributed by atoms with Crippen molar-refractivity contribution in [1.82, 2.24) is 9.55 Å². The molecule has 0 spiro atoms. The van der Waals surface area contributed by atoms with Crippen LogP contribution in [-0.4, -0.2) is 27.1 Å². The monoisotopic (exact) mass is 261 g/mol. The average molecular weight is 261 g/mol. The van der Waals surface area contributed by atoms with Crippen LogP contribution < -0.4 is 0 Å². The van der Waals surface area contributed by atoms with Crippen LogP contribution in [0.4, 0.5) is 5.69 Å². The molecule has 0 bridgehead atoms. The van der Waals surface area contributed by atoms with Crippen LogP contribution >= 0.6 is 0 Å². The minimum Gasteiger partial charge on any atom is -0.460 e. The van der Waals surface area contributed by atoms with Crippen LogP contribution in [0, 0.1) is 10.1 Å². The largest absolute Gasteiger partial charge is 0.460 e. The topological polar surface area (TPSA) is 87.3 Å². The number of ether oxygens (including phenoxy) is 1. The lowest BCUT2D eigenvalue weighted by molar-refractivity contribution is -0.384. The molecule has 2 rings (SSSR count). The van der Waals surface area contributed by atoms with Crippen molar-refractivity contribution in [3.05, 3.63) is 52.6 Å². The van der Waals surface area contributed by atoms with E-state index >= 15 is 0 Å². The summed E-state index contributed by atoms with van der Waals surface area (Å²) in [5.41, 5.74) is 0.166. The highest BCUT2D eigenvalue weighted by atomic mass is 16.6. The molecular weight excluding hydrogens is 250 g/mol. The van der Waals surface area contributed by atoms with Crippen LogP contribution in [0.1, 0.15) is 17.5 Å². The van der Waals surface area contributed by atoms with Gasteiger partial charge in [0.2, 0.25) is 5.82 Å². The highest BCUT2D eigenvalue weighted by Crippen LogP contribution is 2.23. The van der Waals surface area contributed by atoms with E-state index in [9.17, 15) is 14.9 Å². The molecule has 0 amide bonds. The molecule has 0 radical (unpaired) electrons. The first-order valence-corrected chi connectivity index (χ1v) is 5.59. The Morgan fingerprint density at radius 3 is 2.89 bits per heavy atom. The maximum absolute atomic E-state index is 11.7. The van der Waals surface area contributed by atoms with Crippen LogP contribution in [0.15, 0.2) is 36.7 Å². The third kappa shape index (κ3) is 2.44. The van der Waals surface area contributed by atoms with E-state index in [1.807, 2.05) is 0 Å². The fourth-order valence-corrected chi connectivity index (χ4v) is 1.67. The average Bonchev–Trinajstić information content (AvgIpc) is 2.88. The summed E-state index contributed by atoms with van der Waals surface area (Å²) in [5, 5.41) is 11.0. The predicted molar refractivity (Wildman–Crippen MR) is 66.2 cm³/mol. The van der Waals surface area contributed by atoms with Gasteiger partial charge in [0.05, 0.1) is 11.5 Å². The number of nitrogens with zero attached hydrogens (tertiary/aromatic N) is 3. The summed E-state index contributed by atoms with van der Waals surface area (Å²) in [4.78, 5) is 26.1. The first kappa shape index (κ1) is 12.7. The van der Waals surface area contributed by atoms with E-state index in [0.717, 1.165) is 0 Å². The summed E-state index contributed by atoms with van der Waals surface area (Å²) >= 11 is 0. The SMILES string of the molecule is CCOC(=O)c1nccn1-c1ccccc1[N+](=O)[O-]. The second kappa shape index (κ2) is 5.30. The van der Waals surface area contributed by atoms with Gasteiger partial charge in [0.15, 0.2) is 0 Å². The second-order valence-electron chi connectivity index (χ2n) is 3.59. The standard InChI is InChI=1S/C12H11N3O4/c1-2-19-12(16)11-13-7-8-14(11)9-5-3-4-6-10(9)15(17)18/h3-8H,2H2,1H3. The Morgan fingerprint density at radius 1 is 1.47 bits per heavy atom. The van der Waals surface area contributed by atoms with Gasteiger partial charge in [-0.15, -0.1) is 0 Å². The molecule has 1 heterocycles. The zero-order chi connectivity index (χ0) is 13.8. The summed E-state index contributed by atoms with van der Waals surface area (Å²) < 4.78 is 6.20. The number of imidazole rings is 1. The van der Waals surface area contributed by atoms with Crippen molar-refractivity contribution >= 4 is 11.7 Å². The van der Waals surface area contributed by atoms with Crippen molar-refractivity contribution in [3.63, 3.8) is 0 Å². The summed E-state index contributed by atoms with van der Waals surface area (Å²) in [6.45, 7) is 1.89. The van der Waals surface area contributed by atoms with Crippen LogP contribution in [-0.2, 0) is 4.74 Å². The van der Waals surface area contributed by atoms with E-state index in [4.69, 9.17) is 4.74 Å². The smallest absolute Gasteiger partial charge is 0.374 e. The lowest BCUT2D eigenvalue weighted by Gasteiger charge is -2.07. The lowest BCUT2D eigenvalue weighted by atomic mass is 10.2. The molecule has 19 heavy (non-hydrogen) atoms. The van der Waals surface area contributed by atoms with E-state index in [2.05, 4.69) is 4.98 Å². The lowest BCUT2D eigenvalue weighted by Crippen LogP contribution is -2.13. The Balaban J connectivity index is 2.52. The molecule has 7 nitrogen and oxygen atoms in total. The fraction of sp³-hybridized carbons (Fsp3) is 0.167. The van der Waals surface area contributed by atoms with Crippen molar-refractivity contribution in [2.75, 3.05) is 6.61 Å². The molecule has 98 valence electrons. The summed E-state index contributed by atoms with van der Waals surface area (Å²) in [6, 6.07) is 6.12. The molecule has 0 fully saturated rings. The van der Waals surface area contributed by atoms with Crippen molar-refractivity contribution in [1.29, 1.82) is 0 Å². The fourth-order valence-electron chi connectivity index (χ4n) is 1.67. The quantitative estimate of drug-likeness (QED) is 0.477. The Labute approximate surface area is 108 Å². The number of carbonyl (C=O) groups excluding carboxylic acids is 1. The predicted octanol–water partition coefficient (Wildman–Crippen LogP) is 1.96. The Kier molecular flexibility index (Phi) is 3.56. The molecule has 1 aromatic heterocycles. The molecule has 0 N–H and O–H groups in total. The van der Waals surface area contributed by atoms with Gasteiger partial charge in [0.1, 0.15) is 5.69 Å². The Hall–Kier alpha value is -2.70. The number of benzene rings is 1. The minimum absolute atomic E-state index is 0.0103. The maximum atomic E-state index is 11.7. The number of nitro groups is 1. The molecule has 1 aromatic carbocycles. The summed E-state index contributed by atoms with van der Waals surface area (Å²) in [7, 11) is 0. The van der Waals surface area contributed by atoms with Crippen LogP contribution in [0.3, 0.4) is 0 Å². The van der Waals surface area contributed by atoms with Gasteiger partial charge in [0.25, 0.3) is 5.69 Å². The van der Waals surface area contributed by atoms with E-state index in [1.165, 1.54) is 23.0 Å². The molecule has 0 aliphatic heterocycles. The number of carbonyl (C=O) groups is 1. The highest BCUT2D eigenvalue weighted by molar-refractivity contribution is 5.86. The van der Waals surface area contributed by atoms with Gasteiger partial charge in [-0.25, -0.2) is 9.78 Å². The molecule has 0 saturated heterocycles. The van der Waals surface area contributed by atoms with Crippen molar-refractivity contribution < 1.29 is 14.5 Å². The van der Waals surface area contributed by atoms with E-state index in [-0.39, 0.29) is 23.8 Å². The van der Waals surface area contributed by atoms with Crippen LogP contribution in [0.2, 0.25) is 0 Å². The number of rotatable bonds is 4. The summed E-state index contributed by atoms with van der Waals surface area (Å²) in [5.74, 6) is -0.609. The molecule has 0 unspecified atom stereocenters. The molecule has 0 atom stereocenters. The third-order valence-electron chi connectivity index (χ3n) is 2.44. The van der Waals surface area contributed by atoms with Crippen LogP contribution in [0.5, 0.6) is 0 Å². The van der Waals surface area contributed by atoms with Gasteiger partial charge < -0.3 is 4.74 Å². The van der Waals surface area contributed by atoms with Crippen molar-refractivity contribution in [3.8, 4) is 5.69 Å². The van der Waals surface area contributed by atoms with E-state index in [0.29, 0.717) is 0 Å². The normalized spacial score (nSPS) is 10.2. The number of esters is 1. The molecule has 0 aliphatic rings. The second-order valence-corrected chi connectivity index (χ2v) is 3.59. The number of aromatic nitrogens is 2. The maximum Gasteiger partial charge on any atom is 0.374 e. The molecule has 7 heteroatoms. The minimum atomic E-state index is -0.620. The van der Waals surface area contributed by atoms with Crippen LogP contribution in [0.25, 0.3) is 5.69 Å². The number of hydrogen-bond donors (Lipinski definition) is 0. The molecule has 0 saturated carbocycles. The third-order valence-corrected chi connectivity index (χ3v) is 2.44. The summed E-state index contributed by atoms with van der Waals surface area (Å²) in [6.07, 6.45) is 2.87. The molecule has 2 aromatic rings. The number of hydrogen-bond acceptors (Lipinski definition) is 5. The highest BCUT2D eigenvalue weighted by Gasteiger charge is 2.20. The zero-order valence-electron chi connectivity index (χ0n) is 10.1. The molecular formula is C12H11N3O4. The van der Waals surface area contributed by atoms with Gasteiger partial charge in [-0.05, 0) is 13.0 Å². The van der Waals surface area contributed by atoms with Crippen molar-refractivity contribution in [2.45, 2.75) is 6.92 Å². The first-order valence-electron chi connectivity index (χ1n) is 5.59. The Morgan fingerprint density at radius 2 is 2.21 bits per heavy atom.